The quantitative estimate of drug-likeness (QED) is 0.834. The lowest BCUT2D eigenvalue weighted by atomic mass is 10.2. The van der Waals surface area contributed by atoms with Crippen molar-refractivity contribution in [3.05, 3.63) is 42.4 Å². The third kappa shape index (κ3) is 2.97. The highest BCUT2D eigenvalue weighted by Gasteiger charge is 2.08. The van der Waals surface area contributed by atoms with Crippen molar-refractivity contribution in [1.82, 2.24) is 14.9 Å². The highest BCUT2D eigenvalue weighted by Crippen LogP contribution is 2.13. The molecule has 2 aromatic heterocycles. The molecule has 0 radical (unpaired) electrons. The Bertz CT molecular complexity index is 433. The first-order chi connectivity index (χ1) is 8.31. The van der Waals surface area contributed by atoms with Crippen molar-refractivity contribution >= 4 is 0 Å². The van der Waals surface area contributed by atoms with E-state index < -0.39 is 0 Å². The molecule has 0 unspecified atom stereocenters. The fourth-order valence-corrected chi connectivity index (χ4v) is 1.83. The normalized spacial score (nSPS) is 12.8. The number of rotatable bonds is 6. The Balaban J connectivity index is 1.91. The van der Waals surface area contributed by atoms with Gasteiger partial charge < -0.3 is 14.3 Å². The fraction of sp³-hybridized carbons (Fsp3) is 0.462. The lowest BCUT2D eigenvalue weighted by Crippen LogP contribution is -2.19. The largest absolute Gasteiger partial charge is 0.468 e. The molecular weight excluding hydrogens is 214 g/mol. The predicted molar refractivity (Wildman–Crippen MR) is 66.5 cm³/mol. The molecule has 0 aliphatic rings. The molecule has 0 bridgehead atoms. The first-order valence-corrected chi connectivity index (χ1v) is 6.07. The van der Waals surface area contributed by atoms with Crippen molar-refractivity contribution < 1.29 is 4.42 Å². The summed E-state index contributed by atoms with van der Waals surface area (Å²) >= 11 is 0. The molecule has 0 amide bonds. The maximum atomic E-state index is 5.36. The number of nitrogens with zero attached hydrogens (tertiary/aromatic N) is 2. The molecule has 4 nitrogen and oxygen atoms in total. The van der Waals surface area contributed by atoms with Gasteiger partial charge in [0.15, 0.2) is 0 Å². The molecule has 1 atom stereocenters. The molecule has 1 N–H and O–H groups in total. The fourth-order valence-electron chi connectivity index (χ4n) is 1.83. The third-order valence-electron chi connectivity index (χ3n) is 2.82. The average molecular weight is 233 g/mol. The summed E-state index contributed by atoms with van der Waals surface area (Å²) in [5.41, 5.74) is 1.21. The van der Waals surface area contributed by atoms with Crippen LogP contribution in [0.3, 0.4) is 0 Å². The molecule has 0 aliphatic carbocycles. The lowest BCUT2D eigenvalue weighted by Gasteiger charge is -2.12. The smallest absolute Gasteiger partial charge is 0.120 e. The zero-order chi connectivity index (χ0) is 12.1. The predicted octanol–water partition coefficient (Wildman–Crippen LogP) is 2.74. The van der Waals surface area contributed by atoms with Crippen molar-refractivity contribution in [3.8, 4) is 0 Å². The topological polar surface area (TPSA) is 43.0 Å². The van der Waals surface area contributed by atoms with E-state index in [1.54, 1.807) is 6.26 Å². The van der Waals surface area contributed by atoms with E-state index in [0.717, 1.165) is 25.3 Å². The summed E-state index contributed by atoms with van der Waals surface area (Å²) < 4.78 is 7.54. The number of hydrogen-bond acceptors (Lipinski definition) is 3. The van der Waals surface area contributed by atoms with Crippen LogP contribution in [0.15, 0.2) is 35.3 Å². The molecule has 2 aromatic rings. The zero-order valence-corrected chi connectivity index (χ0v) is 10.4. The molecule has 0 fully saturated rings. The second-order valence-electron chi connectivity index (χ2n) is 4.20. The summed E-state index contributed by atoms with van der Waals surface area (Å²) in [4.78, 5) is 4.18. The van der Waals surface area contributed by atoms with Gasteiger partial charge in [0.1, 0.15) is 5.76 Å². The van der Waals surface area contributed by atoms with Gasteiger partial charge in [0.2, 0.25) is 0 Å². The Morgan fingerprint density at radius 1 is 1.53 bits per heavy atom. The van der Waals surface area contributed by atoms with Crippen LogP contribution in [0.2, 0.25) is 0 Å². The van der Waals surface area contributed by atoms with Gasteiger partial charge in [-0.3, -0.25) is 0 Å². The highest BCUT2D eigenvalue weighted by molar-refractivity contribution is 5.04. The maximum absolute atomic E-state index is 5.36. The third-order valence-corrected chi connectivity index (χ3v) is 2.82. The van der Waals surface area contributed by atoms with E-state index in [4.69, 9.17) is 4.42 Å². The van der Waals surface area contributed by atoms with E-state index in [1.807, 2.05) is 24.7 Å². The van der Waals surface area contributed by atoms with Crippen molar-refractivity contribution in [2.24, 2.45) is 0 Å². The van der Waals surface area contributed by atoms with Crippen molar-refractivity contribution in [1.29, 1.82) is 0 Å². The molecule has 4 heteroatoms. The molecule has 0 saturated heterocycles. The summed E-state index contributed by atoms with van der Waals surface area (Å²) in [7, 11) is 0. The molecule has 17 heavy (non-hydrogen) atoms. The van der Waals surface area contributed by atoms with Gasteiger partial charge in [-0.25, -0.2) is 4.98 Å². The van der Waals surface area contributed by atoms with Crippen LogP contribution in [0.4, 0.5) is 0 Å². The molecule has 0 spiro atoms. The van der Waals surface area contributed by atoms with Gasteiger partial charge in [-0.05, 0) is 25.5 Å². The summed E-state index contributed by atoms with van der Waals surface area (Å²) in [5.74, 6) is 0.964. The van der Waals surface area contributed by atoms with Gasteiger partial charge >= 0.3 is 0 Å². The molecule has 0 aromatic carbocycles. The van der Waals surface area contributed by atoms with Gasteiger partial charge in [-0.2, -0.15) is 0 Å². The van der Waals surface area contributed by atoms with E-state index in [2.05, 4.69) is 28.7 Å². The van der Waals surface area contributed by atoms with E-state index in [1.165, 1.54) is 5.69 Å². The first kappa shape index (κ1) is 11.9. The van der Waals surface area contributed by atoms with E-state index in [9.17, 15) is 0 Å². The molecular formula is C13H19N3O. The second-order valence-corrected chi connectivity index (χ2v) is 4.20. The molecule has 2 heterocycles. The monoisotopic (exact) mass is 233 g/mol. The lowest BCUT2D eigenvalue weighted by molar-refractivity contribution is 0.425. The Labute approximate surface area is 102 Å². The second kappa shape index (κ2) is 5.68. The zero-order valence-electron chi connectivity index (χ0n) is 10.4. The van der Waals surface area contributed by atoms with Crippen molar-refractivity contribution in [2.45, 2.75) is 39.4 Å². The summed E-state index contributed by atoms with van der Waals surface area (Å²) in [5, 5.41) is 3.43. The number of furan rings is 1. The minimum atomic E-state index is 0.218. The van der Waals surface area contributed by atoms with Crippen LogP contribution in [-0.4, -0.2) is 9.55 Å². The van der Waals surface area contributed by atoms with Crippen LogP contribution in [0, 0.1) is 0 Å². The van der Waals surface area contributed by atoms with Gasteiger partial charge in [-0.15, -0.1) is 0 Å². The van der Waals surface area contributed by atoms with Gasteiger partial charge in [0.05, 0.1) is 24.3 Å². The minimum Gasteiger partial charge on any atom is -0.468 e. The Hall–Kier alpha value is -1.55. The van der Waals surface area contributed by atoms with Crippen molar-refractivity contribution in [3.63, 3.8) is 0 Å². The van der Waals surface area contributed by atoms with Gasteiger partial charge in [0, 0.05) is 19.3 Å². The van der Waals surface area contributed by atoms with Crippen LogP contribution >= 0.6 is 0 Å². The Morgan fingerprint density at radius 3 is 3.12 bits per heavy atom. The van der Waals surface area contributed by atoms with Gasteiger partial charge in [0.25, 0.3) is 0 Å². The molecule has 0 aliphatic heterocycles. The molecule has 2 rings (SSSR count). The van der Waals surface area contributed by atoms with E-state index >= 15 is 0 Å². The number of aryl methyl sites for hydroxylation is 1. The first-order valence-electron chi connectivity index (χ1n) is 6.07. The molecule has 0 saturated carbocycles. The summed E-state index contributed by atoms with van der Waals surface area (Å²) in [6.07, 6.45) is 6.63. The Kier molecular flexibility index (Phi) is 3.98. The summed E-state index contributed by atoms with van der Waals surface area (Å²) in [6.45, 7) is 6.09. The Morgan fingerprint density at radius 2 is 2.41 bits per heavy atom. The van der Waals surface area contributed by atoms with E-state index in [-0.39, 0.29) is 6.04 Å². The van der Waals surface area contributed by atoms with Crippen LogP contribution < -0.4 is 5.32 Å². The summed E-state index contributed by atoms with van der Waals surface area (Å²) in [6, 6.07) is 4.12. The highest BCUT2D eigenvalue weighted by atomic mass is 16.3. The van der Waals surface area contributed by atoms with Crippen molar-refractivity contribution in [2.75, 3.05) is 0 Å². The number of imidazole rings is 1. The maximum Gasteiger partial charge on any atom is 0.120 e. The van der Waals surface area contributed by atoms with Crippen LogP contribution in [0.1, 0.15) is 37.8 Å². The number of nitrogens with one attached hydrogen (secondary N) is 1. The van der Waals surface area contributed by atoms with E-state index in [0.29, 0.717) is 0 Å². The molecule has 92 valence electrons. The van der Waals surface area contributed by atoms with Crippen LogP contribution in [0.25, 0.3) is 0 Å². The van der Waals surface area contributed by atoms with Crippen LogP contribution in [0.5, 0.6) is 0 Å². The average Bonchev–Trinajstić information content (AvgIpc) is 2.97. The minimum absolute atomic E-state index is 0.218. The number of hydrogen-bond donors (Lipinski definition) is 1. The standard InChI is InChI=1S/C13H19N3O/c1-3-6-16-10-14-8-12(16)9-15-11(2)13-5-4-7-17-13/h4-5,7-8,10-11,15H,3,6,9H2,1-2H3/t11-/m0/s1. The van der Waals surface area contributed by atoms with Gasteiger partial charge in [-0.1, -0.05) is 6.92 Å². The SMILES string of the molecule is CCCn1cncc1CN[C@@H](C)c1ccco1. The van der Waals surface area contributed by atoms with Crippen LogP contribution in [-0.2, 0) is 13.1 Å². The number of aromatic nitrogens is 2.